The Hall–Kier alpha value is -1.93. The van der Waals surface area contributed by atoms with Gasteiger partial charge in [0, 0.05) is 28.9 Å². The molecule has 6 N–H and O–H groups in total. The lowest BCUT2D eigenvalue weighted by Crippen LogP contribution is -2.42. The van der Waals surface area contributed by atoms with Crippen LogP contribution in [0.15, 0.2) is 18.2 Å². The van der Waals surface area contributed by atoms with Crippen LogP contribution < -0.4 is 16.2 Å². The predicted molar refractivity (Wildman–Crippen MR) is 125 cm³/mol. The summed E-state index contributed by atoms with van der Waals surface area (Å²) in [5, 5.41) is 21.6. The number of alkyl halides is 3. The molecule has 1 heterocycles. The Bertz CT molecular complexity index is 926. The maximum atomic E-state index is 13.2. The number of H-pyrrole nitrogens is 1. The zero-order chi connectivity index (χ0) is 25.4. The first-order valence-electron chi connectivity index (χ1n) is 11.9. The number of benzene rings is 1. The minimum atomic E-state index is -4.40. The van der Waals surface area contributed by atoms with Gasteiger partial charge >= 0.3 is 6.18 Å². The molecule has 35 heavy (non-hydrogen) atoms. The third-order valence-electron chi connectivity index (χ3n) is 7.03. The fourth-order valence-electron chi connectivity index (χ4n) is 5.32. The molecular weight excluding hydrogens is 483 g/mol. The molecule has 196 valence electrons. The van der Waals surface area contributed by atoms with E-state index >= 15 is 0 Å². The predicted octanol–water partition coefficient (Wildman–Crippen LogP) is 3.15. The van der Waals surface area contributed by atoms with E-state index in [1.165, 1.54) is 31.7 Å². The van der Waals surface area contributed by atoms with Crippen molar-refractivity contribution in [2.45, 2.75) is 82.0 Å². The van der Waals surface area contributed by atoms with Gasteiger partial charge in [0.1, 0.15) is 0 Å². The first-order valence-corrected chi connectivity index (χ1v) is 13.1. The lowest BCUT2D eigenvalue weighted by Gasteiger charge is -2.36. The molecule has 13 heteroatoms. The van der Waals surface area contributed by atoms with E-state index < -0.39 is 23.0 Å². The van der Waals surface area contributed by atoms with Gasteiger partial charge in [-0.15, -0.1) is 10.2 Å². The highest BCUT2D eigenvalue weighted by molar-refractivity contribution is 7.76. The molecule has 4 rings (SSSR count). The highest BCUT2D eigenvalue weighted by Gasteiger charge is 2.33. The number of rotatable bonds is 6. The van der Waals surface area contributed by atoms with Gasteiger partial charge in [0.05, 0.1) is 5.56 Å². The molecule has 0 bridgehead atoms. The van der Waals surface area contributed by atoms with Crippen molar-refractivity contribution in [3.05, 3.63) is 29.3 Å². The summed E-state index contributed by atoms with van der Waals surface area (Å²) in [6, 6.07) is 4.99. The number of nitrogens with one attached hydrogen (secondary N) is 2. The zero-order valence-electron chi connectivity index (χ0n) is 19.5. The molecule has 1 aromatic carbocycles. The van der Waals surface area contributed by atoms with Crippen LogP contribution in [0.5, 0.6) is 0 Å². The zero-order valence-corrected chi connectivity index (χ0v) is 20.3. The summed E-state index contributed by atoms with van der Waals surface area (Å²) in [7, 11) is 0. The molecule has 2 aliphatic rings. The lowest BCUT2D eigenvalue weighted by atomic mass is 9.78. The van der Waals surface area contributed by atoms with E-state index in [9.17, 15) is 13.2 Å². The maximum Gasteiger partial charge on any atom is 0.416 e. The number of hydrogen-bond donors (Lipinski definition) is 4. The fraction of sp³-hybridized carbons (Fsp3) is 0.682. The van der Waals surface area contributed by atoms with E-state index in [1.807, 2.05) is 0 Å². The number of nitrogens with zero attached hydrogens (tertiary/aromatic N) is 3. The summed E-state index contributed by atoms with van der Waals surface area (Å²) in [5.41, 5.74) is 6.32. The summed E-state index contributed by atoms with van der Waals surface area (Å²) in [4.78, 5) is 0. The van der Waals surface area contributed by atoms with Gasteiger partial charge < -0.3 is 15.6 Å². The van der Waals surface area contributed by atoms with E-state index in [2.05, 4.69) is 31.1 Å². The highest BCUT2D eigenvalue weighted by Crippen LogP contribution is 2.40. The van der Waals surface area contributed by atoms with Crippen LogP contribution in [0.3, 0.4) is 0 Å². The van der Waals surface area contributed by atoms with E-state index in [0.29, 0.717) is 17.6 Å². The van der Waals surface area contributed by atoms with Gasteiger partial charge in [0.2, 0.25) is 5.82 Å². The molecule has 2 aliphatic carbocycles. The van der Waals surface area contributed by atoms with E-state index in [-0.39, 0.29) is 11.7 Å². The van der Waals surface area contributed by atoms with Crippen molar-refractivity contribution >= 4 is 11.3 Å². The molecule has 2 fully saturated rings. The highest BCUT2D eigenvalue weighted by atomic mass is 32.2. The lowest BCUT2D eigenvalue weighted by molar-refractivity contribution is -0.137. The van der Waals surface area contributed by atoms with Crippen LogP contribution in [0.1, 0.15) is 74.8 Å². The van der Waals surface area contributed by atoms with Gasteiger partial charge in [-0.05, 0) is 99.1 Å². The first-order chi connectivity index (χ1) is 16.7. The molecule has 2 saturated carbocycles. The van der Waals surface area contributed by atoms with Crippen LogP contribution in [-0.4, -0.2) is 48.0 Å². The number of aromatic amines is 1. The smallest absolute Gasteiger partial charge is 0.416 e. The van der Waals surface area contributed by atoms with Crippen LogP contribution in [0.25, 0.3) is 11.4 Å². The van der Waals surface area contributed by atoms with E-state index in [4.69, 9.17) is 14.5 Å². The minimum Gasteiger partial charge on any atom is -0.760 e. The number of tetrazole rings is 1. The number of nitrogens with two attached hydrogens (primary N) is 2. The molecule has 1 atom stereocenters. The third kappa shape index (κ3) is 8.31. The molecule has 0 spiro atoms. The molecule has 0 radical (unpaired) electrons. The average molecular weight is 517 g/mol. The first kappa shape index (κ1) is 27.7. The Morgan fingerprint density at radius 1 is 1.09 bits per heavy atom. The second-order valence-electron chi connectivity index (χ2n) is 9.31. The summed E-state index contributed by atoms with van der Waals surface area (Å²) in [6.07, 6.45) is 5.60. The summed E-state index contributed by atoms with van der Waals surface area (Å²) in [5.74, 6) is 1.20. The Kier molecular flexibility index (Phi) is 10.2. The van der Waals surface area contributed by atoms with Crippen LogP contribution >= 0.6 is 0 Å². The van der Waals surface area contributed by atoms with Crippen LogP contribution in [0.2, 0.25) is 0 Å². The Balaban J connectivity index is 0.000000795. The van der Waals surface area contributed by atoms with Gasteiger partial charge in [-0.3, -0.25) is 9.35 Å². The summed E-state index contributed by atoms with van der Waals surface area (Å²) < 4.78 is 57.3. The normalized spacial score (nSPS) is 26.0. The van der Waals surface area contributed by atoms with Crippen molar-refractivity contribution in [2.24, 2.45) is 16.8 Å². The molecular formula is C22H33F3N7O2S-. The third-order valence-corrected chi connectivity index (χ3v) is 7.03. The standard InChI is InChI=1S/C22H31F3N6.H3NO2S/c23-22(24,25)16-5-10-19(20(13-16)21-28-30-31-29-21)15-3-8-18(9-4-15)27-17-6-1-14(2-7-17)11-12-26;1-4(2)3/h5,10,13-15,17-18,27H,1-4,6-9,11-12,26H2,(H,28,29,30,31);1H2,(H,2,3)/p-1. The molecule has 1 aromatic heterocycles. The number of aromatic nitrogens is 4. The van der Waals surface area contributed by atoms with Crippen molar-refractivity contribution < 1.29 is 21.9 Å². The molecule has 0 amide bonds. The van der Waals surface area contributed by atoms with Crippen molar-refractivity contribution in [1.29, 1.82) is 0 Å². The SMILES string of the molecule is NCCC1CCC(NC2CCC(c3ccc(C(F)(F)F)cc3-c3nn[nH]n3)CC2)CC1.NS(=O)[O-]. The Morgan fingerprint density at radius 2 is 1.69 bits per heavy atom. The second kappa shape index (κ2) is 12.9. The van der Waals surface area contributed by atoms with Crippen LogP contribution in [0.4, 0.5) is 13.2 Å². The van der Waals surface area contributed by atoms with Gasteiger partial charge in [-0.2, -0.15) is 18.4 Å². The Morgan fingerprint density at radius 3 is 2.20 bits per heavy atom. The van der Waals surface area contributed by atoms with E-state index in [1.54, 1.807) is 6.07 Å². The summed E-state index contributed by atoms with van der Waals surface area (Å²) in [6.45, 7) is 0.780. The van der Waals surface area contributed by atoms with Crippen LogP contribution in [0, 0.1) is 5.92 Å². The largest absolute Gasteiger partial charge is 0.760 e. The van der Waals surface area contributed by atoms with Crippen molar-refractivity contribution in [3.63, 3.8) is 0 Å². The number of hydrogen-bond acceptors (Lipinski definition) is 7. The maximum absolute atomic E-state index is 13.2. The molecule has 2 aromatic rings. The van der Waals surface area contributed by atoms with Crippen molar-refractivity contribution in [2.75, 3.05) is 6.54 Å². The quantitative estimate of drug-likeness (QED) is 0.429. The van der Waals surface area contributed by atoms with E-state index in [0.717, 1.165) is 56.2 Å². The molecule has 0 saturated heterocycles. The van der Waals surface area contributed by atoms with Gasteiger partial charge in [0.25, 0.3) is 0 Å². The van der Waals surface area contributed by atoms with Crippen molar-refractivity contribution in [3.8, 4) is 11.4 Å². The molecule has 0 aliphatic heterocycles. The monoisotopic (exact) mass is 516 g/mol. The van der Waals surface area contributed by atoms with Gasteiger partial charge in [-0.25, -0.2) is 0 Å². The summed E-state index contributed by atoms with van der Waals surface area (Å²) >= 11 is -2.36. The molecule has 9 nitrogen and oxygen atoms in total. The van der Waals surface area contributed by atoms with Crippen LogP contribution in [-0.2, 0) is 17.4 Å². The second-order valence-corrected chi connectivity index (χ2v) is 9.83. The topological polar surface area (TPSA) is 159 Å². The van der Waals surface area contributed by atoms with Crippen molar-refractivity contribution in [1.82, 2.24) is 25.9 Å². The number of halogens is 3. The van der Waals surface area contributed by atoms with Gasteiger partial charge in [0.15, 0.2) is 0 Å². The Labute approximate surface area is 205 Å². The van der Waals surface area contributed by atoms with Gasteiger partial charge in [-0.1, -0.05) is 6.07 Å². The average Bonchev–Trinajstić information content (AvgIpc) is 3.35. The fourth-order valence-corrected chi connectivity index (χ4v) is 5.32. The molecule has 1 unspecified atom stereocenters. The minimum absolute atomic E-state index is 0.203.